The van der Waals surface area contributed by atoms with Gasteiger partial charge in [-0.15, -0.1) is 0 Å². The molecule has 0 bridgehead atoms. The molecule has 1 amide bonds. The molecule has 4 nitrogen and oxygen atoms in total. The Bertz CT molecular complexity index is 488. The number of rotatable bonds is 5. The van der Waals surface area contributed by atoms with Gasteiger partial charge in [0.05, 0.1) is 6.21 Å². The van der Waals surface area contributed by atoms with E-state index in [1.165, 1.54) is 19.3 Å². The minimum Gasteiger partial charge on any atom is -0.386 e. The third kappa shape index (κ3) is 5.50. The fraction of sp³-hybridized carbons (Fsp3) is 0.500. The molecule has 1 aromatic rings. The molecular formula is C16H21BrN2O2. The van der Waals surface area contributed by atoms with Crippen molar-refractivity contribution in [2.45, 2.75) is 38.6 Å². The van der Waals surface area contributed by atoms with Crippen LogP contribution in [0.2, 0.25) is 0 Å². The van der Waals surface area contributed by atoms with Crippen molar-refractivity contribution in [3.63, 3.8) is 0 Å². The highest BCUT2D eigenvalue weighted by Gasteiger charge is 2.22. The van der Waals surface area contributed by atoms with Crippen LogP contribution in [-0.4, -0.2) is 24.8 Å². The molecule has 1 saturated carbocycles. The maximum absolute atomic E-state index is 11.8. The van der Waals surface area contributed by atoms with Crippen LogP contribution < -0.4 is 5.32 Å². The first-order valence-corrected chi connectivity index (χ1v) is 8.15. The number of amides is 1. The van der Waals surface area contributed by atoms with Crippen LogP contribution in [0.4, 0.5) is 0 Å². The van der Waals surface area contributed by atoms with Crippen molar-refractivity contribution < 1.29 is 9.63 Å². The topological polar surface area (TPSA) is 50.7 Å². The van der Waals surface area contributed by atoms with E-state index < -0.39 is 0 Å². The number of carbonyl (C=O) groups is 1. The smallest absolute Gasteiger partial charge is 0.261 e. The van der Waals surface area contributed by atoms with Gasteiger partial charge in [-0.05, 0) is 36.5 Å². The third-order valence-corrected chi connectivity index (χ3v) is 4.33. The van der Waals surface area contributed by atoms with E-state index in [0.29, 0.717) is 5.92 Å². The Kier molecular flexibility index (Phi) is 6.23. The summed E-state index contributed by atoms with van der Waals surface area (Å²) >= 11 is 3.37. The minimum atomic E-state index is -0.0956. The van der Waals surface area contributed by atoms with Gasteiger partial charge < -0.3 is 10.2 Å². The lowest BCUT2D eigenvalue weighted by Crippen LogP contribution is -2.42. The molecule has 0 aliphatic heterocycles. The molecule has 0 aromatic heterocycles. The molecule has 1 fully saturated rings. The largest absolute Gasteiger partial charge is 0.386 e. The Labute approximate surface area is 134 Å². The van der Waals surface area contributed by atoms with Gasteiger partial charge in [-0.25, -0.2) is 0 Å². The first-order valence-electron chi connectivity index (χ1n) is 7.35. The summed E-state index contributed by atoms with van der Waals surface area (Å²) in [4.78, 5) is 16.8. The van der Waals surface area contributed by atoms with Crippen LogP contribution in [0, 0.1) is 5.92 Å². The van der Waals surface area contributed by atoms with Gasteiger partial charge in [0.15, 0.2) is 6.61 Å². The fourth-order valence-corrected chi connectivity index (χ4v) is 2.79. The quantitative estimate of drug-likeness (QED) is 0.651. The van der Waals surface area contributed by atoms with Crippen LogP contribution in [0.1, 0.15) is 38.2 Å². The maximum atomic E-state index is 11.8. The monoisotopic (exact) mass is 352 g/mol. The summed E-state index contributed by atoms with van der Waals surface area (Å²) in [7, 11) is 0. The number of carbonyl (C=O) groups excluding carboxylic acids is 1. The zero-order valence-corrected chi connectivity index (χ0v) is 13.8. The zero-order chi connectivity index (χ0) is 15.1. The predicted molar refractivity (Wildman–Crippen MR) is 87.3 cm³/mol. The second-order valence-electron chi connectivity index (χ2n) is 5.50. The van der Waals surface area contributed by atoms with Crippen LogP contribution in [-0.2, 0) is 9.63 Å². The van der Waals surface area contributed by atoms with E-state index >= 15 is 0 Å². The summed E-state index contributed by atoms with van der Waals surface area (Å²) in [6.45, 7) is 2.16. The van der Waals surface area contributed by atoms with E-state index in [-0.39, 0.29) is 18.6 Å². The highest BCUT2D eigenvalue weighted by molar-refractivity contribution is 9.10. The van der Waals surface area contributed by atoms with Gasteiger partial charge in [0.2, 0.25) is 0 Å². The zero-order valence-electron chi connectivity index (χ0n) is 12.2. The van der Waals surface area contributed by atoms with Crippen molar-refractivity contribution >= 4 is 28.1 Å². The van der Waals surface area contributed by atoms with E-state index in [2.05, 4.69) is 33.3 Å². The molecule has 0 heterocycles. The van der Waals surface area contributed by atoms with E-state index in [9.17, 15) is 4.79 Å². The number of nitrogens with zero attached hydrogens (tertiary/aromatic N) is 1. The highest BCUT2D eigenvalue weighted by atomic mass is 79.9. The Morgan fingerprint density at radius 1 is 1.38 bits per heavy atom. The molecule has 2 rings (SSSR count). The number of hydrogen-bond donors (Lipinski definition) is 1. The third-order valence-electron chi connectivity index (χ3n) is 3.80. The molecule has 2 atom stereocenters. The van der Waals surface area contributed by atoms with E-state index in [1.54, 1.807) is 6.21 Å². The molecule has 0 saturated heterocycles. The van der Waals surface area contributed by atoms with E-state index in [0.717, 1.165) is 16.5 Å². The van der Waals surface area contributed by atoms with Gasteiger partial charge in [0.1, 0.15) is 0 Å². The van der Waals surface area contributed by atoms with Gasteiger partial charge in [-0.3, -0.25) is 4.79 Å². The van der Waals surface area contributed by atoms with Crippen molar-refractivity contribution in [2.24, 2.45) is 11.1 Å². The number of nitrogens with one attached hydrogen (secondary N) is 1. The number of benzene rings is 1. The minimum absolute atomic E-state index is 0.0315. The van der Waals surface area contributed by atoms with Crippen LogP contribution in [0.25, 0.3) is 0 Å². The molecule has 1 aliphatic carbocycles. The molecule has 21 heavy (non-hydrogen) atoms. The number of halogens is 1. The predicted octanol–water partition coefficient (Wildman–Crippen LogP) is 3.49. The van der Waals surface area contributed by atoms with E-state index in [4.69, 9.17) is 4.84 Å². The molecule has 5 heteroatoms. The lowest BCUT2D eigenvalue weighted by atomic mass is 9.86. The van der Waals surface area contributed by atoms with Crippen molar-refractivity contribution in [2.75, 3.05) is 6.61 Å². The molecule has 0 spiro atoms. The number of oxime groups is 1. The SMILES string of the molecule is C[C@H]1CCCC[C@H]1NC(=O)CO/N=C\c1ccc(Br)cc1. The van der Waals surface area contributed by atoms with Crippen LogP contribution in [0.5, 0.6) is 0 Å². The summed E-state index contributed by atoms with van der Waals surface area (Å²) in [6, 6.07) is 7.98. The number of hydrogen-bond acceptors (Lipinski definition) is 3. The summed E-state index contributed by atoms with van der Waals surface area (Å²) in [6.07, 6.45) is 6.31. The first-order chi connectivity index (χ1) is 10.1. The Balaban J connectivity index is 1.70. The average molecular weight is 353 g/mol. The summed E-state index contributed by atoms with van der Waals surface area (Å²) in [5.41, 5.74) is 0.930. The standard InChI is InChI=1S/C16H21BrN2O2/c1-12-4-2-3-5-15(12)19-16(20)11-21-18-10-13-6-8-14(17)9-7-13/h6-10,12,15H,2-5,11H2,1H3,(H,19,20)/b18-10-/t12-,15+/m0/s1. The molecule has 0 unspecified atom stereocenters. The molecule has 114 valence electrons. The second-order valence-corrected chi connectivity index (χ2v) is 6.41. The average Bonchev–Trinajstić information content (AvgIpc) is 2.48. The maximum Gasteiger partial charge on any atom is 0.261 e. The summed E-state index contributed by atoms with van der Waals surface area (Å²) in [5.74, 6) is 0.454. The molecule has 1 aliphatic rings. The van der Waals surface area contributed by atoms with Crippen molar-refractivity contribution in [1.29, 1.82) is 0 Å². The summed E-state index contributed by atoms with van der Waals surface area (Å²) in [5, 5.41) is 6.85. The first kappa shape index (κ1) is 16.0. The Morgan fingerprint density at radius 3 is 2.81 bits per heavy atom. The molecule has 0 radical (unpaired) electrons. The molecule has 1 N–H and O–H groups in total. The van der Waals surface area contributed by atoms with Crippen molar-refractivity contribution in [3.8, 4) is 0 Å². The van der Waals surface area contributed by atoms with E-state index in [1.807, 2.05) is 24.3 Å². The Hall–Kier alpha value is -1.36. The lowest BCUT2D eigenvalue weighted by Gasteiger charge is -2.29. The lowest BCUT2D eigenvalue weighted by molar-refractivity contribution is -0.126. The molecular weight excluding hydrogens is 332 g/mol. The van der Waals surface area contributed by atoms with Gasteiger partial charge >= 0.3 is 0 Å². The van der Waals surface area contributed by atoms with Gasteiger partial charge in [-0.2, -0.15) is 0 Å². The van der Waals surface area contributed by atoms with Crippen molar-refractivity contribution in [1.82, 2.24) is 5.32 Å². The fourth-order valence-electron chi connectivity index (χ4n) is 2.52. The molecule has 1 aromatic carbocycles. The van der Waals surface area contributed by atoms with Gasteiger partial charge in [0.25, 0.3) is 5.91 Å². The second kappa shape index (κ2) is 8.17. The normalized spacial score (nSPS) is 22.2. The van der Waals surface area contributed by atoms with Crippen LogP contribution in [0.3, 0.4) is 0 Å². The highest BCUT2D eigenvalue weighted by Crippen LogP contribution is 2.23. The van der Waals surface area contributed by atoms with Crippen molar-refractivity contribution in [3.05, 3.63) is 34.3 Å². The van der Waals surface area contributed by atoms with Gasteiger partial charge in [-0.1, -0.05) is 53.0 Å². The summed E-state index contributed by atoms with van der Waals surface area (Å²) < 4.78 is 1.02. The van der Waals surface area contributed by atoms with Crippen LogP contribution >= 0.6 is 15.9 Å². The van der Waals surface area contributed by atoms with Gasteiger partial charge in [0, 0.05) is 10.5 Å². The Morgan fingerprint density at radius 2 is 2.10 bits per heavy atom. The van der Waals surface area contributed by atoms with Crippen LogP contribution in [0.15, 0.2) is 33.9 Å².